The van der Waals surface area contributed by atoms with Crippen LogP contribution in [0.15, 0.2) is 48.5 Å². The summed E-state index contributed by atoms with van der Waals surface area (Å²) >= 11 is 0. The summed E-state index contributed by atoms with van der Waals surface area (Å²) < 4.78 is 0. The average Bonchev–Trinajstić information content (AvgIpc) is 2.52. The van der Waals surface area contributed by atoms with Gasteiger partial charge >= 0.3 is 0 Å². The van der Waals surface area contributed by atoms with Crippen LogP contribution < -0.4 is 10.2 Å². The Morgan fingerprint density at radius 1 is 0.950 bits per heavy atom. The van der Waals surface area contributed by atoms with Crippen molar-refractivity contribution >= 4 is 5.69 Å². The van der Waals surface area contributed by atoms with E-state index in [0.29, 0.717) is 0 Å². The summed E-state index contributed by atoms with van der Waals surface area (Å²) in [6.07, 6.45) is 0. The monoisotopic (exact) mass is 269 g/mol. The van der Waals surface area contributed by atoms with Gasteiger partial charge in [-0.25, -0.2) is 0 Å². The van der Waals surface area contributed by atoms with Crippen LogP contribution in [0.3, 0.4) is 0 Å². The molecule has 2 aromatic rings. The lowest BCUT2D eigenvalue weighted by molar-refractivity contribution is 0.702. The van der Waals surface area contributed by atoms with Crippen LogP contribution in [0.5, 0.6) is 0 Å². The molecule has 106 valence electrons. The standard InChI is InChI=1S/C17H23N3/c1-3-18-13-15-9-8-10-16(19-15)14-20(4-2)17-11-6-5-7-12-17/h5-12,18H,3-4,13-14H2,1-2H3. The normalized spacial score (nSPS) is 10.5. The second-order valence-electron chi connectivity index (χ2n) is 4.75. The number of hydrogen-bond acceptors (Lipinski definition) is 3. The van der Waals surface area contributed by atoms with Crippen molar-refractivity contribution in [3.8, 4) is 0 Å². The lowest BCUT2D eigenvalue weighted by Crippen LogP contribution is -2.23. The van der Waals surface area contributed by atoms with Crippen molar-refractivity contribution in [2.75, 3.05) is 18.0 Å². The molecule has 0 aliphatic heterocycles. The molecule has 1 N–H and O–H groups in total. The molecule has 1 heterocycles. The molecule has 0 fully saturated rings. The van der Waals surface area contributed by atoms with Crippen molar-refractivity contribution in [3.05, 3.63) is 59.9 Å². The summed E-state index contributed by atoms with van der Waals surface area (Å²) in [5.41, 5.74) is 3.47. The Morgan fingerprint density at radius 2 is 1.70 bits per heavy atom. The molecular weight excluding hydrogens is 246 g/mol. The number of nitrogens with one attached hydrogen (secondary N) is 1. The number of benzene rings is 1. The van der Waals surface area contributed by atoms with Crippen molar-refractivity contribution in [2.45, 2.75) is 26.9 Å². The SMILES string of the molecule is CCNCc1cccc(CN(CC)c2ccccc2)n1. The van der Waals surface area contributed by atoms with E-state index in [1.807, 2.05) is 6.07 Å². The van der Waals surface area contributed by atoms with E-state index in [0.717, 1.165) is 37.6 Å². The molecule has 0 radical (unpaired) electrons. The second kappa shape index (κ2) is 7.65. The Bertz CT molecular complexity index is 511. The van der Waals surface area contributed by atoms with E-state index in [1.54, 1.807) is 0 Å². The lowest BCUT2D eigenvalue weighted by atomic mass is 10.2. The Morgan fingerprint density at radius 3 is 2.40 bits per heavy atom. The fourth-order valence-corrected chi connectivity index (χ4v) is 2.19. The van der Waals surface area contributed by atoms with E-state index >= 15 is 0 Å². The molecule has 3 nitrogen and oxygen atoms in total. The third-order valence-electron chi connectivity index (χ3n) is 3.28. The van der Waals surface area contributed by atoms with Gasteiger partial charge < -0.3 is 10.2 Å². The molecule has 0 bridgehead atoms. The van der Waals surface area contributed by atoms with Gasteiger partial charge in [0.1, 0.15) is 0 Å². The van der Waals surface area contributed by atoms with Gasteiger partial charge in [0.2, 0.25) is 0 Å². The van der Waals surface area contributed by atoms with Crippen LogP contribution in [0.25, 0.3) is 0 Å². The molecule has 3 heteroatoms. The van der Waals surface area contributed by atoms with Gasteiger partial charge in [-0.2, -0.15) is 0 Å². The Hall–Kier alpha value is -1.87. The average molecular weight is 269 g/mol. The summed E-state index contributed by atoms with van der Waals surface area (Å²) in [6, 6.07) is 16.8. The second-order valence-corrected chi connectivity index (χ2v) is 4.75. The predicted octanol–water partition coefficient (Wildman–Crippen LogP) is 3.22. The molecule has 1 aromatic heterocycles. The topological polar surface area (TPSA) is 28.2 Å². The first-order valence-electron chi connectivity index (χ1n) is 7.29. The molecule has 20 heavy (non-hydrogen) atoms. The van der Waals surface area contributed by atoms with Gasteiger partial charge in [0, 0.05) is 18.8 Å². The van der Waals surface area contributed by atoms with Gasteiger partial charge in [-0.1, -0.05) is 31.2 Å². The molecule has 0 saturated carbocycles. The summed E-state index contributed by atoms with van der Waals surface area (Å²) in [5, 5.41) is 3.31. The summed E-state index contributed by atoms with van der Waals surface area (Å²) in [4.78, 5) is 7.05. The smallest absolute Gasteiger partial charge is 0.0602 e. The zero-order valence-electron chi connectivity index (χ0n) is 12.3. The maximum atomic E-state index is 4.72. The van der Waals surface area contributed by atoms with Gasteiger partial charge in [0.15, 0.2) is 0 Å². The number of pyridine rings is 1. The molecule has 0 spiro atoms. The van der Waals surface area contributed by atoms with E-state index in [9.17, 15) is 0 Å². The summed E-state index contributed by atoms with van der Waals surface area (Å²) in [6.45, 7) is 7.91. The van der Waals surface area contributed by atoms with Crippen LogP contribution in [0, 0.1) is 0 Å². The number of nitrogens with zero attached hydrogens (tertiary/aromatic N) is 2. The van der Waals surface area contributed by atoms with E-state index in [2.05, 4.69) is 66.5 Å². The molecule has 1 aromatic carbocycles. The maximum absolute atomic E-state index is 4.72. The van der Waals surface area contributed by atoms with Gasteiger partial charge in [-0.05, 0) is 37.7 Å². The number of rotatable bonds is 7. The summed E-state index contributed by atoms with van der Waals surface area (Å²) in [7, 11) is 0. The van der Waals surface area contributed by atoms with Crippen molar-refractivity contribution in [3.63, 3.8) is 0 Å². The van der Waals surface area contributed by atoms with Crippen molar-refractivity contribution in [1.29, 1.82) is 0 Å². The third-order valence-corrected chi connectivity index (χ3v) is 3.28. The fraction of sp³-hybridized carbons (Fsp3) is 0.353. The zero-order valence-corrected chi connectivity index (χ0v) is 12.3. The molecular formula is C17H23N3. The third kappa shape index (κ3) is 4.07. The van der Waals surface area contributed by atoms with Crippen LogP contribution in [0.1, 0.15) is 25.2 Å². The maximum Gasteiger partial charge on any atom is 0.0602 e. The number of hydrogen-bond donors (Lipinski definition) is 1. The van der Waals surface area contributed by atoms with E-state index < -0.39 is 0 Å². The predicted molar refractivity (Wildman–Crippen MR) is 84.8 cm³/mol. The lowest BCUT2D eigenvalue weighted by Gasteiger charge is -2.22. The highest BCUT2D eigenvalue weighted by atomic mass is 15.1. The van der Waals surface area contributed by atoms with Crippen molar-refractivity contribution < 1.29 is 0 Å². The molecule has 0 atom stereocenters. The number of aromatic nitrogens is 1. The minimum Gasteiger partial charge on any atom is -0.366 e. The highest BCUT2D eigenvalue weighted by Crippen LogP contribution is 2.15. The molecule has 0 amide bonds. The Kier molecular flexibility index (Phi) is 5.56. The van der Waals surface area contributed by atoms with Crippen LogP contribution in [-0.2, 0) is 13.1 Å². The fourth-order valence-electron chi connectivity index (χ4n) is 2.19. The minimum atomic E-state index is 0.835. The molecule has 0 unspecified atom stereocenters. The van der Waals surface area contributed by atoms with Crippen molar-refractivity contribution in [1.82, 2.24) is 10.3 Å². The first kappa shape index (κ1) is 14.5. The minimum absolute atomic E-state index is 0.835. The molecule has 0 saturated heterocycles. The molecule has 0 aliphatic carbocycles. The highest BCUT2D eigenvalue weighted by molar-refractivity contribution is 5.46. The largest absolute Gasteiger partial charge is 0.366 e. The van der Waals surface area contributed by atoms with Gasteiger partial charge in [-0.15, -0.1) is 0 Å². The van der Waals surface area contributed by atoms with Gasteiger partial charge in [-0.3, -0.25) is 4.98 Å². The number of anilines is 1. The first-order valence-corrected chi connectivity index (χ1v) is 7.29. The van der Waals surface area contributed by atoms with Crippen LogP contribution in [0.2, 0.25) is 0 Å². The highest BCUT2D eigenvalue weighted by Gasteiger charge is 2.06. The van der Waals surface area contributed by atoms with Crippen LogP contribution in [-0.4, -0.2) is 18.1 Å². The van der Waals surface area contributed by atoms with E-state index in [1.165, 1.54) is 5.69 Å². The summed E-state index contributed by atoms with van der Waals surface area (Å²) in [5.74, 6) is 0. The number of para-hydroxylation sites is 1. The molecule has 0 aliphatic rings. The Balaban J connectivity index is 2.07. The molecule has 2 rings (SSSR count). The van der Waals surface area contributed by atoms with E-state index in [-0.39, 0.29) is 0 Å². The van der Waals surface area contributed by atoms with Crippen molar-refractivity contribution in [2.24, 2.45) is 0 Å². The van der Waals surface area contributed by atoms with Crippen LogP contribution >= 0.6 is 0 Å². The van der Waals surface area contributed by atoms with Crippen LogP contribution in [0.4, 0.5) is 5.69 Å². The zero-order chi connectivity index (χ0) is 14.2. The quantitative estimate of drug-likeness (QED) is 0.836. The Labute approximate surface area is 121 Å². The van der Waals surface area contributed by atoms with Gasteiger partial charge in [0.25, 0.3) is 0 Å². The van der Waals surface area contributed by atoms with E-state index in [4.69, 9.17) is 4.98 Å². The first-order chi connectivity index (χ1) is 9.83. The van der Waals surface area contributed by atoms with Gasteiger partial charge in [0.05, 0.1) is 17.9 Å².